The zero-order chi connectivity index (χ0) is 17.7. The number of hydrogen-bond acceptors (Lipinski definition) is 4. The molecule has 1 aromatic carbocycles. The summed E-state index contributed by atoms with van der Waals surface area (Å²) in [7, 11) is -4.14. The molecule has 1 N–H and O–H groups in total. The molecule has 5 nitrogen and oxygen atoms in total. The van der Waals surface area contributed by atoms with Gasteiger partial charge in [0.15, 0.2) is 0 Å². The quantitative estimate of drug-likeness (QED) is 0.630. The summed E-state index contributed by atoms with van der Waals surface area (Å²) in [5, 5.41) is 0. The van der Waals surface area contributed by atoms with Gasteiger partial charge in [-0.25, -0.2) is 17.9 Å². The molecule has 1 rings (SSSR count). The third-order valence-corrected chi connectivity index (χ3v) is 4.09. The van der Waals surface area contributed by atoms with Gasteiger partial charge in [0.2, 0.25) is 0 Å². The van der Waals surface area contributed by atoms with Crippen molar-refractivity contribution in [3.8, 4) is 0 Å². The van der Waals surface area contributed by atoms with Gasteiger partial charge >= 0.3 is 21.5 Å². The Balaban J connectivity index is 2.85. The molecule has 0 aliphatic carbocycles. The van der Waals surface area contributed by atoms with Crippen LogP contribution in [0.15, 0.2) is 24.3 Å². The predicted octanol–water partition coefficient (Wildman–Crippen LogP) is 2.16. The molecule has 0 atom stereocenters. The van der Waals surface area contributed by atoms with E-state index in [1.54, 1.807) is 18.2 Å². The summed E-state index contributed by atoms with van der Waals surface area (Å²) >= 11 is 0. The molecular formula is C14H16F3NO4S. The molecule has 128 valence electrons. The maximum atomic E-state index is 12.2. The van der Waals surface area contributed by atoms with Gasteiger partial charge in [-0.3, -0.25) is 0 Å². The Morgan fingerprint density at radius 2 is 2.00 bits per heavy atom. The number of carbonyl (C=O) groups is 1. The average molecular weight is 351 g/mol. The van der Waals surface area contributed by atoms with Crippen molar-refractivity contribution >= 4 is 22.1 Å². The number of aryl methyl sites for hydroxylation is 1. The maximum Gasteiger partial charge on any atom is 0.511 e. The second kappa shape index (κ2) is 7.60. The second-order valence-corrected chi connectivity index (χ2v) is 6.41. The van der Waals surface area contributed by atoms with Crippen LogP contribution in [0.5, 0.6) is 0 Å². The third-order valence-electron chi connectivity index (χ3n) is 2.89. The van der Waals surface area contributed by atoms with E-state index in [0.717, 1.165) is 5.56 Å². The smallest absolute Gasteiger partial charge is 0.466 e. The summed E-state index contributed by atoms with van der Waals surface area (Å²) in [4.78, 5) is 11.1. The summed E-state index contributed by atoms with van der Waals surface area (Å²) in [5.41, 5.74) is -3.26. The van der Waals surface area contributed by atoms with Crippen LogP contribution in [0, 0.1) is 6.92 Å². The first kappa shape index (κ1) is 19.2. The summed E-state index contributed by atoms with van der Waals surface area (Å²) < 4.78 is 64.5. The zero-order valence-electron chi connectivity index (χ0n) is 12.5. The number of nitrogens with one attached hydrogen (secondary N) is 1. The van der Waals surface area contributed by atoms with Gasteiger partial charge in [0.05, 0.1) is 7.11 Å². The molecular weight excluding hydrogens is 335 g/mol. The lowest BCUT2D eigenvalue weighted by Crippen LogP contribution is -2.37. The molecule has 0 radical (unpaired) electrons. The Labute approximate surface area is 132 Å². The highest BCUT2D eigenvalue weighted by atomic mass is 32.2. The normalized spacial score (nSPS) is 12.6. The highest BCUT2D eigenvalue weighted by molar-refractivity contribution is 7.90. The molecule has 0 aliphatic rings. The SMILES string of the molecule is COC(=O)/C=C/c1cc(C)ccc1CCNS(=O)(=O)C(F)(F)F. The van der Waals surface area contributed by atoms with Gasteiger partial charge in [-0.05, 0) is 30.5 Å². The van der Waals surface area contributed by atoms with Crippen LogP contribution < -0.4 is 4.72 Å². The van der Waals surface area contributed by atoms with Crippen LogP contribution >= 0.6 is 0 Å². The van der Waals surface area contributed by atoms with E-state index in [1.165, 1.54) is 24.0 Å². The molecule has 0 fully saturated rings. The second-order valence-electron chi connectivity index (χ2n) is 4.65. The van der Waals surface area contributed by atoms with Gasteiger partial charge in [0.1, 0.15) is 0 Å². The average Bonchev–Trinajstić information content (AvgIpc) is 2.45. The molecule has 0 aromatic heterocycles. The highest BCUT2D eigenvalue weighted by Crippen LogP contribution is 2.21. The van der Waals surface area contributed by atoms with E-state index in [2.05, 4.69) is 4.74 Å². The van der Waals surface area contributed by atoms with Crippen LogP contribution in [0.25, 0.3) is 6.08 Å². The molecule has 0 spiro atoms. The third kappa shape index (κ3) is 5.68. The van der Waals surface area contributed by atoms with Crippen molar-refractivity contribution in [2.24, 2.45) is 0 Å². The number of halogens is 3. The number of ether oxygens (including phenoxy) is 1. The lowest BCUT2D eigenvalue weighted by molar-refractivity contribution is -0.134. The van der Waals surface area contributed by atoms with Gasteiger partial charge < -0.3 is 4.74 Å². The number of carbonyl (C=O) groups excluding carboxylic acids is 1. The fourth-order valence-electron chi connectivity index (χ4n) is 1.72. The standard InChI is InChI=1S/C14H16F3NO4S/c1-10-3-4-11(12(9-10)5-6-13(19)22-2)7-8-18-23(20,21)14(15,16)17/h3-6,9,18H,7-8H2,1-2H3/b6-5+. The van der Waals surface area contributed by atoms with Gasteiger partial charge in [-0.15, -0.1) is 0 Å². The fraction of sp³-hybridized carbons (Fsp3) is 0.357. The van der Waals surface area contributed by atoms with E-state index in [-0.39, 0.29) is 6.42 Å². The first-order valence-corrected chi connectivity index (χ1v) is 7.96. The Kier molecular flexibility index (Phi) is 6.34. The Morgan fingerprint density at radius 3 is 2.57 bits per heavy atom. The molecule has 0 saturated heterocycles. The van der Waals surface area contributed by atoms with Gasteiger partial charge in [0.25, 0.3) is 0 Å². The number of alkyl halides is 3. The fourth-order valence-corrected chi connectivity index (χ4v) is 2.26. The van der Waals surface area contributed by atoms with E-state index in [4.69, 9.17) is 0 Å². The molecule has 1 aromatic rings. The van der Waals surface area contributed by atoms with Crippen molar-refractivity contribution in [1.29, 1.82) is 0 Å². The van der Waals surface area contributed by atoms with Gasteiger partial charge in [-0.2, -0.15) is 13.2 Å². The number of sulfonamides is 1. The van der Waals surface area contributed by atoms with Crippen molar-refractivity contribution in [2.45, 2.75) is 18.9 Å². The summed E-state index contributed by atoms with van der Waals surface area (Å²) in [5.74, 6) is -0.574. The maximum absolute atomic E-state index is 12.2. The minimum Gasteiger partial charge on any atom is -0.466 e. The van der Waals surface area contributed by atoms with E-state index >= 15 is 0 Å². The molecule has 0 saturated carbocycles. The predicted molar refractivity (Wildman–Crippen MR) is 78.9 cm³/mol. The molecule has 9 heteroatoms. The van der Waals surface area contributed by atoms with Crippen LogP contribution in [0.4, 0.5) is 13.2 Å². The van der Waals surface area contributed by atoms with Crippen molar-refractivity contribution in [3.05, 3.63) is 41.0 Å². The van der Waals surface area contributed by atoms with Crippen molar-refractivity contribution in [1.82, 2.24) is 4.72 Å². The topological polar surface area (TPSA) is 72.5 Å². The van der Waals surface area contributed by atoms with Crippen LogP contribution in [0.2, 0.25) is 0 Å². The lowest BCUT2D eigenvalue weighted by Gasteiger charge is -2.11. The number of hydrogen-bond donors (Lipinski definition) is 1. The first-order valence-electron chi connectivity index (χ1n) is 6.48. The lowest BCUT2D eigenvalue weighted by atomic mass is 10.0. The molecule has 0 amide bonds. The molecule has 0 aliphatic heterocycles. The molecule has 0 heterocycles. The van der Waals surface area contributed by atoms with E-state index in [1.807, 2.05) is 6.92 Å². The van der Waals surface area contributed by atoms with Crippen molar-refractivity contribution in [2.75, 3.05) is 13.7 Å². The minimum absolute atomic E-state index is 0.0381. The number of rotatable bonds is 6. The summed E-state index contributed by atoms with van der Waals surface area (Å²) in [6.45, 7) is 1.40. The number of methoxy groups -OCH3 is 1. The molecule has 23 heavy (non-hydrogen) atoms. The van der Waals surface area contributed by atoms with Crippen molar-refractivity contribution < 1.29 is 31.1 Å². The van der Waals surface area contributed by atoms with Gasteiger partial charge in [0, 0.05) is 12.6 Å². The van der Waals surface area contributed by atoms with Crippen LogP contribution in [0.1, 0.15) is 16.7 Å². The van der Waals surface area contributed by atoms with E-state index in [9.17, 15) is 26.4 Å². The highest BCUT2D eigenvalue weighted by Gasteiger charge is 2.45. The monoisotopic (exact) mass is 351 g/mol. The van der Waals surface area contributed by atoms with Crippen molar-refractivity contribution in [3.63, 3.8) is 0 Å². The Hall–Kier alpha value is -1.87. The summed E-state index contributed by atoms with van der Waals surface area (Å²) in [6, 6.07) is 5.13. The van der Waals surface area contributed by atoms with Crippen LogP contribution in [-0.2, 0) is 26.0 Å². The van der Waals surface area contributed by atoms with Gasteiger partial charge in [-0.1, -0.05) is 23.8 Å². The first-order chi connectivity index (χ1) is 10.6. The number of benzene rings is 1. The number of esters is 1. The summed E-state index contributed by atoms with van der Waals surface area (Å²) in [6.07, 6.45) is 2.68. The van der Waals surface area contributed by atoms with Crippen LogP contribution in [0.3, 0.4) is 0 Å². The van der Waals surface area contributed by atoms with E-state index in [0.29, 0.717) is 11.1 Å². The zero-order valence-corrected chi connectivity index (χ0v) is 13.3. The Bertz CT molecular complexity index is 696. The van der Waals surface area contributed by atoms with E-state index < -0.39 is 28.0 Å². The largest absolute Gasteiger partial charge is 0.511 e. The van der Waals surface area contributed by atoms with Crippen LogP contribution in [-0.4, -0.2) is 33.5 Å². The minimum atomic E-state index is -5.36. The molecule has 0 unspecified atom stereocenters. The Morgan fingerprint density at radius 1 is 1.35 bits per heavy atom. The molecule has 0 bridgehead atoms.